The van der Waals surface area contributed by atoms with Gasteiger partial charge in [0.1, 0.15) is 11.8 Å². The molecule has 0 fully saturated rings. The summed E-state index contributed by atoms with van der Waals surface area (Å²) in [5, 5.41) is 21.7. The average Bonchev–Trinajstić information content (AvgIpc) is 2.49. The standard InChI is InChI=1S/C16H12N2O2/c17-11-14(15(19)12-7-3-1-4-8-12)16(20)18-13-9-5-2-6-10-13/h1-10,19H,(H,18,20)/b15-14-. The Hall–Kier alpha value is -3.06. The zero-order valence-electron chi connectivity index (χ0n) is 10.6. The van der Waals surface area contributed by atoms with Crippen molar-refractivity contribution in [2.45, 2.75) is 0 Å². The molecule has 2 aromatic carbocycles. The van der Waals surface area contributed by atoms with E-state index in [0.717, 1.165) is 0 Å². The second-order valence-corrected chi connectivity index (χ2v) is 4.02. The Morgan fingerprint density at radius 1 is 1.00 bits per heavy atom. The number of hydrogen-bond acceptors (Lipinski definition) is 3. The third-order valence-electron chi connectivity index (χ3n) is 2.65. The molecule has 0 saturated carbocycles. The maximum atomic E-state index is 12.0. The number of anilines is 1. The molecule has 20 heavy (non-hydrogen) atoms. The van der Waals surface area contributed by atoms with Crippen LogP contribution in [0.25, 0.3) is 5.76 Å². The third-order valence-corrected chi connectivity index (χ3v) is 2.65. The van der Waals surface area contributed by atoms with E-state index in [1.807, 2.05) is 6.07 Å². The lowest BCUT2D eigenvalue weighted by molar-refractivity contribution is -0.112. The highest BCUT2D eigenvalue weighted by molar-refractivity contribution is 6.10. The van der Waals surface area contributed by atoms with Crippen LogP contribution in [0.4, 0.5) is 5.69 Å². The number of nitrogens with one attached hydrogen (secondary N) is 1. The number of aliphatic hydroxyl groups excluding tert-OH is 1. The average molecular weight is 264 g/mol. The van der Waals surface area contributed by atoms with Crippen molar-refractivity contribution in [2.75, 3.05) is 5.32 Å². The summed E-state index contributed by atoms with van der Waals surface area (Å²) in [4.78, 5) is 12.0. The molecule has 0 atom stereocenters. The minimum Gasteiger partial charge on any atom is -0.506 e. The van der Waals surface area contributed by atoms with Crippen LogP contribution in [0, 0.1) is 11.3 Å². The molecule has 0 bridgehead atoms. The van der Waals surface area contributed by atoms with Crippen molar-refractivity contribution in [1.82, 2.24) is 0 Å². The summed E-state index contributed by atoms with van der Waals surface area (Å²) in [6.45, 7) is 0. The molecule has 0 aliphatic heterocycles. The minimum atomic E-state index is -0.639. The van der Waals surface area contributed by atoms with Crippen molar-refractivity contribution in [2.24, 2.45) is 0 Å². The summed E-state index contributed by atoms with van der Waals surface area (Å²) >= 11 is 0. The van der Waals surface area contributed by atoms with E-state index in [0.29, 0.717) is 11.3 Å². The zero-order chi connectivity index (χ0) is 14.4. The molecule has 4 heteroatoms. The number of hydrogen-bond donors (Lipinski definition) is 2. The molecular weight excluding hydrogens is 252 g/mol. The van der Waals surface area contributed by atoms with Crippen LogP contribution in [0.3, 0.4) is 0 Å². The molecule has 4 nitrogen and oxygen atoms in total. The second kappa shape index (κ2) is 6.21. The van der Waals surface area contributed by atoms with Crippen LogP contribution < -0.4 is 5.32 Å². The first-order valence-corrected chi connectivity index (χ1v) is 5.97. The fourth-order valence-corrected chi connectivity index (χ4v) is 1.67. The van der Waals surface area contributed by atoms with Gasteiger partial charge in [0, 0.05) is 11.3 Å². The van der Waals surface area contributed by atoms with E-state index in [1.165, 1.54) is 0 Å². The van der Waals surface area contributed by atoms with Crippen LogP contribution in [-0.4, -0.2) is 11.0 Å². The largest absolute Gasteiger partial charge is 0.506 e. The van der Waals surface area contributed by atoms with Gasteiger partial charge in [-0.1, -0.05) is 48.5 Å². The highest BCUT2D eigenvalue weighted by Crippen LogP contribution is 2.17. The lowest BCUT2D eigenvalue weighted by Crippen LogP contribution is -2.15. The van der Waals surface area contributed by atoms with Gasteiger partial charge in [-0.15, -0.1) is 0 Å². The molecule has 0 aliphatic carbocycles. The lowest BCUT2D eigenvalue weighted by atomic mass is 10.1. The number of nitriles is 1. The van der Waals surface area contributed by atoms with Crippen LogP contribution >= 0.6 is 0 Å². The van der Waals surface area contributed by atoms with Gasteiger partial charge >= 0.3 is 0 Å². The summed E-state index contributed by atoms with van der Waals surface area (Å²) in [6.07, 6.45) is 0. The first-order valence-electron chi connectivity index (χ1n) is 5.97. The predicted octanol–water partition coefficient (Wildman–Crippen LogP) is 3.12. The maximum absolute atomic E-state index is 12.0. The Kier molecular flexibility index (Phi) is 4.15. The molecule has 98 valence electrons. The van der Waals surface area contributed by atoms with Gasteiger partial charge in [0.05, 0.1) is 0 Å². The van der Waals surface area contributed by atoms with Crippen molar-refractivity contribution in [3.63, 3.8) is 0 Å². The summed E-state index contributed by atoms with van der Waals surface area (Å²) in [5.41, 5.74) is 0.665. The Morgan fingerprint density at radius 3 is 2.10 bits per heavy atom. The van der Waals surface area contributed by atoms with Crippen LogP contribution in [0.1, 0.15) is 5.56 Å². The van der Waals surface area contributed by atoms with E-state index in [9.17, 15) is 9.90 Å². The van der Waals surface area contributed by atoms with E-state index >= 15 is 0 Å². The van der Waals surface area contributed by atoms with Crippen LogP contribution in [0.2, 0.25) is 0 Å². The van der Waals surface area contributed by atoms with Gasteiger partial charge in [-0.2, -0.15) is 5.26 Å². The topological polar surface area (TPSA) is 73.1 Å². The molecule has 0 spiro atoms. The number of nitrogens with zero attached hydrogens (tertiary/aromatic N) is 1. The molecular formula is C16H12N2O2. The number of carbonyl (C=O) groups is 1. The van der Waals surface area contributed by atoms with Crippen LogP contribution in [0.15, 0.2) is 66.2 Å². The SMILES string of the molecule is N#C/C(C(=O)Nc1ccccc1)=C(/O)c1ccccc1. The fourth-order valence-electron chi connectivity index (χ4n) is 1.67. The Morgan fingerprint density at radius 2 is 1.55 bits per heavy atom. The molecule has 2 N–H and O–H groups in total. The Bertz CT molecular complexity index is 671. The molecule has 0 aliphatic rings. The van der Waals surface area contributed by atoms with E-state index in [2.05, 4.69) is 5.32 Å². The minimum absolute atomic E-state index is 0.319. The second-order valence-electron chi connectivity index (χ2n) is 4.02. The third kappa shape index (κ3) is 3.03. The smallest absolute Gasteiger partial charge is 0.270 e. The molecule has 0 heterocycles. The number of amides is 1. The quantitative estimate of drug-likeness (QED) is 0.508. The number of benzene rings is 2. The summed E-state index contributed by atoms with van der Waals surface area (Å²) in [5.74, 6) is -0.971. The Balaban J connectivity index is 2.29. The maximum Gasteiger partial charge on any atom is 0.270 e. The van der Waals surface area contributed by atoms with Gasteiger partial charge in [-0.05, 0) is 12.1 Å². The van der Waals surface area contributed by atoms with E-state index in [1.54, 1.807) is 60.7 Å². The Labute approximate surface area is 116 Å². The molecule has 0 radical (unpaired) electrons. The van der Waals surface area contributed by atoms with Crippen LogP contribution in [-0.2, 0) is 4.79 Å². The molecule has 2 aromatic rings. The fraction of sp³-hybridized carbons (Fsp3) is 0. The van der Waals surface area contributed by atoms with Crippen LogP contribution in [0.5, 0.6) is 0 Å². The predicted molar refractivity (Wildman–Crippen MR) is 76.7 cm³/mol. The van der Waals surface area contributed by atoms with Crippen molar-refractivity contribution in [3.05, 3.63) is 71.8 Å². The molecule has 0 saturated heterocycles. The van der Waals surface area contributed by atoms with Gasteiger partial charge in [-0.25, -0.2) is 0 Å². The number of aliphatic hydroxyl groups is 1. The van der Waals surface area contributed by atoms with Gasteiger partial charge in [0.2, 0.25) is 0 Å². The highest BCUT2D eigenvalue weighted by Gasteiger charge is 2.16. The number of carbonyl (C=O) groups excluding carboxylic acids is 1. The van der Waals surface area contributed by atoms with Crippen molar-refractivity contribution >= 4 is 17.4 Å². The van der Waals surface area contributed by atoms with Gasteiger partial charge < -0.3 is 10.4 Å². The zero-order valence-corrected chi connectivity index (χ0v) is 10.6. The van der Waals surface area contributed by atoms with Gasteiger partial charge in [0.15, 0.2) is 5.57 Å². The molecule has 0 unspecified atom stereocenters. The van der Waals surface area contributed by atoms with Crippen molar-refractivity contribution in [3.8, 4) is 6.07 Å². The highest BCUT2D eigenvalue weighted by atomic mass is 16.3. The molecule has 2 rings (SSSR count). The molecule has 0 aromatic heterocycles. The normalized spacial score (nSPS) is 11.2. The number of para-hydroxylation sites is 1. The first-order chi connectivity index (χ1) is 9.72. The van der Waals surface area contributed by atoms with Gasteiger partial charge in [-0.3, -0.25) is 4.79 Å². The molecule has 1 amide bonds. The van der Waals surface area contributed by atoms with Crippen molar-refractivity contribution in [1.29, 1.82) is 5.26 Å². The van der Waals surface area contributed by atoms with Crippen molar-refractivity contribution < 1.29 is 9.90 Å². The van der Waals surface area contributed by atoms with Gasteiger partial charge in [0.25, 0.3) is 5.91 Å². The van der Waals surface area contributed by atoms with E-state index in [-0.39, 0.29) is 11.3 Å². The first kappa shape index (κ1) is 13.4. The summed E-state index contributed by atoms with van der Waals surface area (Å²) < 4.78 is 0. The summed E-state index contributed by atoms with van der Waals surface area (Å²) in [7, 11) is 0. The lowest BCUT2D eigenvalue weighted by Gasteiger charge is -2.06. The number of rotatable bonds is 3. The van der Waals surface area contributed by atoms with E-state index in [4.69, 9.17) is 5.26 Å². The summed E-state index contributed by atoms with van der Waals surface area (Å²) in [6, 6.07) is 19.0. The van der Waals surface area contributed by atoms with E-state index < -0.39 is 5.91 Å². The monoisotopic (exact) mass is 264 g/mol.